The Morgan fingerprint density at radius 2 is 1.92 bits per heavy atom. The zero-order chi connectivity index (χ0) is 25.8. The Morgan fingerprint density at radius 3 is 2.70 bits per heavy atom. The van der Waals surface area contributed by atoms with Gasteiger partial charge >= 0.3 is 0 Å². The van der Waals surface area contributed by atoms with Crippen LogP contribution in [0.25, 0.3) is 21.0 Å². The predicted molar refractivity (Wildman–Crippen MR) is 150 cm³/mol. The maximum Gasteiger partial charge on any atom is 0.264 e. The van der Waals surface area contributed by atoms with E-state index in [0.29, 0.717) is 45.9 Å². The Hall–Kier alpha value is -2.91. The Balaban J connectivity index is 1.56. The second kappa shape index (κ2) is 11.6. The summed E-state index contributed by atoms with van der Waals surface area (Å²) in [5, 5.41) is 3.01. The zero-order valence-corrected chi connectivity index (χ0v) is 22.6. The zero-order valence-electron chi connectivity index (χ0n) is 21.0. The molecule has 194 valence electrons. The van der Waals surface area contributed by atoms with Gasteiger partial charge in [0.25, 0.3) is 5.91 Å². The van der Waals surface area contributed by atoms with E-state index in [1.54, 1.807) is 24.1 Å². The molecular weight excluding hydrogens is 510 g/mol. The molecule has 37 heavy (non-hydrogen) atoms. The van der Waals surface area contributed by atoms with E-state index in [1.165, 1.54) is 11.3 Å². The van der Waals surface area contributed by atoms with Gasteiger partial charge in [-0.15, -0.1) is 0 Å². The topological polar surface area (TPSA) is 64.1 Å². The van der Waals surface area contributed by atoms with Crippen LogP contribution in [0.2, 0.25) is 5.02 Å². The Morgan fingerprint density at radius 1 is 1.14 bits per heavy atom. The van der Waals surface area contributed by atoms with E-state index in [9.17, 15) is 4.79 Å². The van der Waals surface area contributed by atoms with E-state index in [-0.39, 0.29) is 5.91 Å². The lowest BCUT2D eigenvalue weighted by Gasteiger charge is -2.28. The number of hydrogen-bond acceptors (Lipinski definition) is 7. The summed E-state index contributed by atoms with van der Waals surface area (Å²) in [6.07, 6.45) is 0.793. The molecule has 5 rings (SSSR count). The van der Waals surface area contributed by atoms with Crippen LogP contribution < -0.4 is 14.4 Å². The summed E-state index contributed by atoms with van der Waals surface area (Å²) in [6, 6.07) is 15.4. The molecular formula is C28H30ClN3O4S. The number of carbonyl (C=O) groups is 1. The number of ether oxygens (including phenoxy) is 3. The van der Waals surface area contributed by atoms with Gasteiger partial charge in [0.2, 0.25) is 0 Å². The number of rotatable bonds is 9. The molecule has 0 bridgehead atoms. The van der Waals surface area contributed by atoms with Crippen molar-refractivity contribution in [3.8, 4) is 11.5 Å². The summed E-state index contributed by atoms with van der Waals surface area (Å²) in [4.78, 5) is 23.4. The SMILES string of the molecule is CCOc1ccc2ccccc2c1C(=O)N(CCCN1CCOCC1)c1nc2c(OC)ccc(Cl)c2s1. The van der Waals surface area contributed by atoms with Gasteiger partial charge in [0, 0.05) is 26.2 Å². The summed E-state index contributed by atoms with van der Waals surface area (Å²) < 4.78 is 17.8. The van der Waals surface area contributed by atoms with Gasteiger partial charge in [-0.05, 0) is 42.3 Å². The molecule has 0 saturated carbocycles. The van der Waals surface area contributed by atoms with Crippen LogP contribution in [0.3, 0.4) is 0 Å². The van der Waals surface area contributed by atoms with Crippen molar-refractivity contribution >= 4 is 55.0 Å². The molecule has 1 aromatic heterocycles. The normalized spacial score (nSPS) is 14.2. The third-order valence-electron chi connectivity index (χ3n) is 6.51. The molecule has 2 heterocycles. The van der Waals surface area contributed by atoms with Crippen molar-refractivity contribution in [2.75, 3.05) is 58.0 Å². The number of morpholine rings is 1. The monoisotopic (exact) mass is 539 g/mol. The van der Waals surface area contributed by atoms with Crippen molar-refractivity contribution in [2.24, 2.45) is 0 Å². The smallest absolute Gasteiger partial charge is 0.264 e. The minimum absolute atomic E-state index is 0.142. The van der Waals surface area contributed by atoms with E-state index in [1.807, 2.05) is 43.3 Å². The van der Waals surface area contributed by atoms with E-state index >= 15 is 0 Å². The van der Waals surface area contributed by atoms with Crippen molar-refractivity contribution in [3.63, 3.8) is 0 Å². The number of halogens is 1. The molecule has 0 spiro atoms. The summed E-state index contributed by atoms with van der Waals surface area (Å²) in [6.45, 7) is 7.05. The van der Waals surface area contributed by atoms with Gasteiger partial charge < -0.3 is 14.2 Å². The molecule has 7 nitrogen and oxygen atoms in total. The fourth-order valence-electron chi connectivity index (χ4n) is 4.67. The first kappa shape index (κ1) is 25.7. The molecule has 1 saturated heterocycles. The molecule has 9 heteroatoms. The number of anilines is 1. The number of benzene rings is 3. The van der Waals surface area contributed by atoms with E-state index in [2.05, 4.69) is 4.90 Å². The maximum absolute atomic E-state index is 14.4. The third kappa shape index (κ3) is 5.38. The van der Waals surface area contributed by atoms with Crippen LogP contribution in [0, 0.1) is 0 Å². The fraction of sp³-hybridized carbons (Fsp3) is 0.357. The number of hydrogen-bond donors (Lipinski definition) is 0. The molecule has 3 aromatic carbocycles. The Kier molecular flexibility index (Phi) is 8.10. The number of methoxy groups -OCH3 is 1. The van der Waals surface area contributed by atoms with Crippen LogP contribution in [0.1, 0.15) is 23.7 Å². The van der Waals surface area contributed by atoms with Gasteiger partial charge in [-0.25, -0.2) is 4.98 Å². The molecule has 0 atom stereocenters. The highest BCUT2D eigenvalue weighted by atomic mass is 35.5. The summed E-state index contributed by atoms with van der Waals surface area (Å²) >= 11 is 7.93. The molecule has 0 unspecified atom stereocenters. The molecule has 1 aliphatic rings. The molecule has 0 aliphatic carbocycles. The fourth-order valence-corrected chi connectivity index (χ4v) is 5.95. The van der Waals surface area contributed by atoms with Crippen molar-refractivity contribution in [1.29, 1.82) is 0 Å². The lowest BCUT2D eigenvalue weighted by atomic mass is 10.0. The van der Waals surface area contributed by atoms with Gasteiger partial charge in [0.1, 0.15) is 17.0 Å². The first-order valence-electron chi connectivity index (χ1n) is 12.5. The summed E-state index contributed by atoms with van der Waals surface area (Å²) in [5.41, 5.74) is 1.20. The predicted octanol–water partition coefficient (Wildman–Crippen LogP) is 5.88. The number of amides is 1. The van der Waals surface area contributed by atoms with Gasteiger partial charge in [-0.1, -0.05) is 53.3 Å². The van der Waals surface area contributed by atoms with Gasteiger partial charge in [0.05, 0.1) is 42.2 Å². The van der Waals surface area contributed by atoms with Crippen molar-refractivity contribution < 1.29 is 19.0 Å². The molecule has 1 aliphatic heterocycles. The molecule has 1 fully saturated rings. The van der Waals surface area contributed by atoms with Crippen molar-refractivity contribution in [3.05, 3.63) is 59.1 Å². The number of aromatic nitrogens is 1. The average molecular weight is 540 g/mol. The molecule has 0 N–H and O–H groups in total. The van der Waals surface area contributed by atoms with Crippen LogP contribution in [0.15, 0.2) is 48.5 Å². The quantitative estimate of drug-likeness (QED) is 0.265. The van der Waals surface area contributed by atoms with Crippen molar-refractivity contribution in [2.45, 2.75) is 13.3 Å². The third-order valence-corrected chi connectivity index (χ3v) is 8.05. The molecule has 4 aromatic rings. The Bertz CT molecular complexity index is 1400. The Labute approximate surface area is 225 Å². The highest BCUT2D eigenvalue weighted by Gasteiger charge is 2.27. The highest BCUT2D eigenvalue weighted by molar-refractivity contribution is 7.23. The van der Waals surface area contributed by atoms with Crippen LogP contribution in [0.5, 0.6) is 11.5 Å². The number of carbonyl (C=O) groups excluding carboxylic acids is 1. The standard InChI is InChI=1S/C28H30ClN3O4S/c1-3-36-22-11-9-19-7-4-5-8-20(19)24(22)27(33)32(14-6-13-31-15-17-35-18-16-31)28-30-25-23(34-2)12-10-21(29)26(25)37-28/h4-5,7-12H,3,6,13-18H2,1-2H3. The van der Waals surface area contributed by atoms with E-state index < -0.39 is 0 Å². The van der Waals surface area contributed by atoms with Gasteiger partial charge in [-0.2, -0.15) is 0 Å². The van der Waals surface area contributed by atoms with Crippen molar-refractivity contribution in [1.82, 2.24) is 9.88 Å². The van der Waals surface area contributed by atoms with Crippen LogP contribution in [0.4, 0.5) is 5.13 Å². The number of fused-ring (bicyclic) bond motifs is 2. The van der Waals surface area contributed by atoms with Crippen LogP contribution in [-0.2, 0) is 4.74 Å². The minimum Gasteiger partial charge on any atom is -0.494 e. The summed E-state index contributed by atoms with van der Waals surface area (Å²) in [5.74, 6) is 1.06. The first-order chi connectivity index (χ1) is 18.1. The van der Waals surface area contributed by atoms with Gasteiger partial charge in [-0.3, -0.25) is 14.6 Å². The second-order valence-electron chi connectivity index (χ2n) is 8.78. The average Bonchev–Trinajstić information content (AvgIpc) is 3.38. The van der Waals surface area contributed by atoms with E-state index in [0.717, 1.165) is 54.7 Å². The first-order valence-corrected chi connectivity index (χ1v) is 13.7. The van der Waals surface area contributed by atoms with E-state index in [4.69, 9.17) is 30.8 Å². The van der Waals surface area contributed by atoms with Crippen LogP contribution in [-0.4, -0.2) is 68.9 Å². The lowest BCUT2D eigenvalue weighted by molar-refractivity contribution is 0.0376. The number of nitrogens with zero attached hydrogens (tertiary/aromatic N) is 3. The molecule has 1 amide bonds. The lowest BCUT2D eigenvalue weighted by Crippen LogP contribution is -2.39. The minimum atomic E-state index is -0.142. The number of thiazole rings is 1. The van der Waals surface area contributed by atoms with Gasteiger partial charge in [0.15, 0.2) is 5.13 Å². The largest absolute Gasteiger partial charge is 0.494 e. The highest BCUT2D eigenvalue weighted by Crippen LogP contribution is 2.40. The second-order valence-corrected chi connectivity index (χ2v) is 10.2. The maximum atomic E-state index is 14.4. The molecule has 0 radical (unpaired) electrons. The summed E-state index contributed by atoms with van der Waals surface area (Å²) in [7, 11) is 1.61. The van der Waals surface area contributed by atoms with Crippen LogP contribution >= 0.6 is 22.9 Å².